The fourth-order valence-electron chi connectivity index (χ4n) is 3.85. The first-order valence-electron chi connectivity index (χ1n) is 9.89. The van der Waals surface area contributed by atoms with Gasteiger partial charge in [-0.25, -0.2) is 4.98 Å². The molecular weight excluding hydrogens is 390 g/mol. The van der Waals surface area contributed by atoms with E-state index in [4.69, 9.17) is 19.9 Å². The second-order valence-electron chi connectivity index (χ2n) is 8.12. The SMILES string of the molecule is CC(C)Oc1cc2c(OCC3CC(C4(O)COC4)C(=O)N3)nccc2cc1C(N)=O. The van der Waals surface area contributed by atoms with Crippen LogP contribution in [0, 0.1) is 5.92 Å². The summed E-state index contributed by atoms with van der Waals surface area (Å²) < 4.78 is 16.7. The number of nitrogens with zero attached hydrogens (tertiary/aromatic N) is 1. The lowest BCUT2D eigenvalue weighted by Gasteiger charge is -2.39. The largest absolute Gasteiger partial charge is 0.490 e. The Bertz CT molecular complexity index is 988. The third-order valence-corrected chi connectivity index (χ3v) is 5.41. The molecule has 0 bridgehead atoms. The van der Waals surface area contributed by atoms with Gasteiger partial charge >= 0.3 is 0 Å². The van der Waals surface area contributed by atoms with Crippen molar-refractivity contribution in [3.05, 3.63) is 30.0 Å². The van der Waals surface area contributed by atoms with Gasteiger partial charge < -0.3 is 30.4 Å². The van der Waals surface area contributed by atoms with Crippen molar-refractivity contribution < 1.29 is 28.9 Å². The van der Waals surface area contributed by atoms with Crippen molar-refractivity contribution in [2.75, 3.05) is 19.8 Å². The Hall–Kier alpha value is -2.91. The van der Waals surface area contributed by atoms with Gasteiger partial charge in [-0.3, -0.25) is 9.59 Å². The number of aliphatic hydroxyl groups is 1. The molecule has 2 unspecified atom stereocenters. The number of rotatable bonds is 7. The maximum Gasteiger partial charge on any atom is 0.252 e. The first-order valence-corrected chi connectivity index (χ1v) is 9.89. The number of primary amides is 1. The summed E-state index contributed by atoms with van der Waals surface area (Å²) in [5.74, 6) is -0.558. The van der Waals surface area contributed by atoms with Gasteiger partial charge in [-0.1, -0.05) is 0 Å². The number of hydrogen-bond donors (Lipinski definition) is 3. The van der Waals surface area contributed by atoms with Crippen LogP contribution < -0.4 is 20.5 Å². The standard InChI is InChI=1S/C21H25N3O6/c1-11(2)30-17-7-14-12(5-15(17)18(22)25)3-4-23-20(14)29-8-13-6-16(19(26)24-13)21(27)9-28-10-21/h3-5,7,11,13,16,27H,6,8-10H2,1-2H3,(H2,22,25)(H,24,26). The van der Waals surface area contributed by atoms with Crippen molar-refractivity contribution in [2.24, 2.45) is 11.7 Å². The first kappa shape index (κ1) is 20.4. The second-order valence-corrected chi connectivity index (χ2v) is 8.12. The molecule has 4 N–H and O–H groups in total. The number of carbonyl (C=O) groups excluding carboxylic acids is 2. The average molecular weight is 415 g/mol. The van der Waals surface area contributed by atoms with Crippen LogP contribution in [-0.4, -0.2) is 59.5 Å². The van der Waals surface area contributed by atoms with Gasteiger partial charge in [0.05, 0.1) is 36.8 Å². The molecule has 2 atom stereocenters. The van der Waals surface area contributed by atoms with Crippen LogP contribution in [0.3, 0.4) is 0 Å². The molecule has 0 saturated carbocycles. The van der Waals surface area contributed by atoms with E-state index in [-0.39, 0.29) is 43.4 Å². The summed E-state index contributed by atoms with van der Waals surface area (Å²) in [4.78, 5) is 28.4. The Kier molecular flexibility index (Phi) is 5.25. The Morgan fingerprint density at radius 2 is 2.20 bits per heavy atom. The molecule has 0 aliphatic carbocycles. The molecule has 160 valence electrons. The predicted molar refractivity (Wildman–Crippen MR) is 107 cm³/mol. The maximum atomic E-state index is 12.2. The normalized spacial score (nSPS) is 22.6. The van der Waals surface area contributed by atoms with Crippen molar-refractivity contribution in [3.63, 3.8) is 0 Å². The molecule has 2 aliphatic heterocycles. The number of benzene rings is 1. The summed E-state index contributed by atoms with van der Waals surface area (Å²) in [7, 11) is 0. The van der Waals surface area contributed by atoms with Crippen molar-refractivity contribution in [3.8, 4) is 11.6 Å². The summed E-state index contributed by atoms with van der Waals surface area (Å²) in [6, 6.07) is 4.86. The number of pyridine rings is 1. The number of ether oxygens (including phenoxy) is 3. The van der Waals surface area contributed by atoms with Crippen LogP contribution in [0.1, 0.15) is 30.6 Å². The number of hydrogen-bond acceptors (Lipinski definition) is 7. The third kappa shape index (κ3) is 3.78. The lowest BCUT2D eigenvalue weighted by Crippen LogP contribution is -2.57. The zero-order chi connectivity index (χ0) is 21.5. The predicted octanol–water partition coefficient (Wildman–Crippen LogP) is 0.766. The van der Waals surface area contributed by atoms with Gasteiger partial charge in [0, 0.05) is 11.6 Å². The Morgan fingerprint density at radius 1 is 1.43 bits per heavy atom. The van der Waals surface area contributed by atoms with Crippen molar-refractivity contribution >= 4 is 22.6 Å². The van der Waals surface area contributed by atoms with Crippen LogP contribution in [0.4, 0.5) is 0 Å². The van der Waals surface area contributed by atoms with Crippen LogP contribution in [-0.2, 0) is 9.53 Å². The van der Waals surface area contributed by atoms with Gasteiger partial charge in [-0.15, -0.1) is 0 Å². The molecular formula is C21H25N3O6. The Labute approximate surface area is 173 Å². The molecule has 9 heteroatoms. The lowest BCUT2D eigenvalue weighted by atomic mass is 9.83. The van der Waals surface area contributed by atoms with Crippen molar-refractivity contribution in [1.29, 1.82) is 0 Å². The molecule has 3 heterocycles. The van der Waals surface area contributed by atoms with E-state index >= 15 is 0 Å². The highest BCUT2D eigenvalue weighted by Gasteiger charge is 2.51. The van der Waals surface area contributed by atoms with E-state index in [0.29, 0.717) is 23.4 Å². The first-order chi connectivity index (χ1) is 14.3. The molecule has 2 aromatic rings. The fourth-order valence-corrected chi connectivity index (χ4v) is 3.85. The highest BCUT2D eigenvalue weighted by atomic mass is 16.5. The highest BCUT2D eigenvalue weighted by Crippen LogP contribution is 2.34. The van der Waals surface area contributed by atoms with Crippen LogP contribution in [0.25, 0.3) is 10.8 Å². The van der Waals surface area contributed by atoms with Crippen LogP contribution >= 0.6 is 0 Å². The van der Waals surface area contributed by atoms with Gasteiger partial charge in [-0.2, -0.15) is 0 Å². The van der Waals surface area contributed by atoms with E-state index in [1.165, 1.54) is 0 Å². The van der Waals surface area contributed by atoms with Gasteiger partial charge in [0.1, 0.15) is 18.0 Å². The number of amides is 2. The maximum absolute atomic E-state index is 12.2. The summed E-state index contributed by atoms with van der Waals surface area (Å²) in [6.45, 7) is 4.25. The number of nitrogens with two attached hydrogens (primary N) is 1. The van der Waals surface area contributed by atoms with Crippen LogP contribution in [0.15, 0.2) is 24.4 Å². The van der Waals surface area contributed by atoms with Gasteiger partial charge in [0.25, 0.3) is 5.91 Å². The van der Waals surface area contributed by atoms with Gasteiger partial charge in [0.15, 0.2) is 0 Å². The van der Waals surface area contributed by atoms with Gasteiger partial charge in [-0.05, 0) is 43.9 Å². The summed E-state index contributed by atoms with van der Waals surface area (Å²) in [6.07, 6.45) is 1.89. The number of aromatic nitrogens is 1. The summed E-state index contributed by atoms with van der Waals surface area (Å²) >= 11 is 0. The molecule has 9 nitrogen and oxygen atoms in total. The topological polar surface area (TPSA) is 133 Å². The second kappa shape index (κ2) is 7.73. The molecule has 30 heavy (non-hydrogen) atoms. The minimum Gasteiger partial charge on any atom is -0.490 e. The van der Waals surface area contributed by atoms with E-state index in [1.807, 2.05) is 13.8 Å². The smallest absolute Gasteiger partial charge is 0.252 e. The zero-order valence-corrected chi connectivity index (χ0v) is 16.9. The average Bonchev–Trinajstić information content (AvgIpc) is 3.04. The molecule has 4 rings (SSSR count). The van der Waals surface area contributed by atoms with Crippen LogP contribution in [0.2, 0.25) is 0 Å². The molecule has 1 aromatic heterocycles. The Morgan fingerprint density at radius 3 is 2.83 bits per heavy atom. The lowest BCUT2D eigenvalue weighted by molar-refractivity contribution is -0.205. The van der Waals surface area contributed by atoms with E-state index in [1.54, 1.807) is 24.4 Å². The van der Waals surface area contributed by atoms with E-state index < -0.39 is 17.4 Å². The molecule has 2 aliphatic rings. The number of nitrogens with one attached hydrogen (secondary N) is 1. The minimum atomic E-state index is -1.09. The summed E-state index contributed by atoms with van der Waals surface area (Å²) in [5, 5.41) is 14.7. The molecule has 2 amide bonds. The number of carbonyl (C=O) groups is 2. The van der Waals surface area contributed by atoms with E-state index in [9.17, 15) is 14.7 Å². The Balaban J connectivity index is 1.54. The van der Waals surface area contributed by atoms with E-state index in [2.05, 4.69) is 10.3 Å². The number of fused-ring (bicyclic) bond motifs is 1. The molecule has 2 saturated heterocycles. The van der Waals surface area contributed by atoms with E-state index in [0.717, 1.165) is 5.39 Å². The summed E-state index contributed by atoms with van der Waals surface area (Å²) in [5.41, 5.74) is 4.70. The monoisotopic (exact) mass is 415 g/mol. The molecule has 1 aromatic carbocycles. The third-order valence-electron chi connectivity index (χ3n) is 5.41. The zero-order valence-electron chi connectivity index (χ0n) is 16.9. The van der Waals surface area contributed by atoms with Crippen molar-refractivity contribution in [1.82, 2.24) is 10.3 Å². The highest BCUT2D eigenvalue weighted by molar-refractivity contribution is 6.01. The van der Waals surface area contributed by atoms with Crippen molar-refractivity contribution in [2.45, 2.75) is 38.0 Å². The fraction of sp³-hybridized carbons (Fsp3) is 0.476. The minimum absolute atomic E-state index is 0.145. The molecule has 0 spiro atoms. The molecule has 0 radical (unpaired) electrons. The quantitative estimate of drug-likeness (QED) is 0.608. The molecule has 2 fully saturated rings. The van der Waals surface area contributed by atoms with Gasteiger partial charge in [0.2, 0.25) is 11.8 Å². The van der Waals surface area contributed by atoms with Crippen LogP contribution in [0.5, 0.6) is 11.6 Å².